The average molecular weight is 406 g/mol. The molecule has 0 radical (unpaired) electrons. The number of carbonyl (C=O) groups is 3. The number of urea groups is 1. The molecule has 2 N–H and O–H groups in total. The first-order valence-electron chi connectivity index (χ1n) is 8.98. The Balaban J connectivity index is 1.96. The summed E-state index contributed by atoms with van der Waals surface area (Å²) in [5, 5.41) is 11.6. The first-order valence-corrected chi connectivity index (χ1v) is 8.98. The van der Waals surface area contributed by atoms with Gasteiger partial charge in [0.25, 0.3) is 11.8 Å². The van der Waals surface area contributed by atoms with Crippen molar-refractivity contribution in [2.75, 3.05) is 18.1 Å². The lowest BCUT2D eigenvalue weighted by Gasteiger charge is -2.26. The zero-order chi connectivity index (χ0) is 21.7. The van der Waals surface area contributed by atoms with Crippen molar-refractivity contribution in [1.82, 2.24) is 5.32 Å². The van der Waals surface area contributed by atoms with Crippen molar-refractivity contribution in [2.45, 2.75) is 6.92 Å². The fourth-order valence-corrected chi connectivity index (χ4v) is 2.78. The summed E-state index contributed by atoms with van der Waals surface area (Å²) in [6, 6.07) is 9.42. The smallest absolute Gasteiger partial charge is 0.335 e. The number of carbonyl (C=O) groups excluding carboxylic acids is 3. The van der Waals surface area contributed by atoms with E-state index in [2.05, 4.69) is 11.2 Å². The third-order valence-corrected chi connectivity index (χ3v) is 4.10. The highest BCUT2D eigenvalue weighted by molar-refractivity contribution is 6.39. The van der Waals surface area contributed by atoms with Gasteiger partial charge in [-0.2, -0.15) is 0 Å². The van der Waals surface area contributed by atoms with Crippen molar-refractivity contribution < 1.29 is 29.0 Å². The van der Waals surface area contributed by atoms with Crippen LogP contribution in [0.3, 0.4) is 0 Å². The molecule has 1 saturated heterocycles. The Labute approximate surface area is 172 Å². The number of terminal acetylenes is 1. The van der Waals surface area contributed by atoms with E-state index < -0.39 is 17.8 Å². The molecule has 0 saturated carbocycles. The molecule has 8 heteroatoms. The maximum atomic E-state index is 12.9. The van der Waals surface area contributed by atoms with E-state index in [4.69, 9.17) is 15.9 Å². The molecule has 8 nitrogen and oxygen atoms in total. The Bertz CT molecular complexity index is 1070. The summed E-state index contributed by atoms with van der Waals surface area (Å²) in [6.07, 6.45) is 6.56. The Hall–Kier alpha value is -4.25. The van der Waals surface area contributed by atoms with E-state index >= 15 is 0 Å². The van der Waals surface area contributed by atoms with Crippen LogP contribution in [0.5, 0.6) is 17.2 Å². The van der Waals surface area contributed by atoms with Crippen LogP contribution in [0.15, 0.2) is 48.0 Å². The number of barbiturate groups is 1. The molecular weight excluding hydrogens is 388 g/mol. The molecule has 3 rings (SSSR count). The van der Waals surface area contributed by atoms with Gasteiger partial charge in [0, 0.05) is 0 Å². The van der Waals surface area contributed by atoms with Crippen molar-refractivity contribution in [3.8, 4) is 29.6 Å². The predicted octanol–water partition coefficient (Wildman–Crippen LogP) is 2.47. The zero-order valence-electron chi connectivity index (χ0n) is 16.0. The van der Waals surface area contributed by atoms with Gasteiger partial charge in [-0.3, -0.25) is 14.9 Å². The molecule has 1 aliphatic heterocycles. The van der Waals surface area contributed by atoms with Crippen LogP contribution in [0.1, 0.15) is 12.5 Å². The van der Waals surface area contributed by atoms with Gasteiger partial charge in [-0.1, -0.05) is 12.0 Å². The van der Waals surface area contributed by atoms with Crippen molar-refractivity contribution in [2.24, 2.45) is 0 Å². The maximum absolute atomic E-state index is 12.9. The predicted molar refractivity (Wildman–Crippen MR) is 109 cm³/mol. The summed E-state index contributed by atoms with van der Waals surface area (Å²) in [6.45, 7) is 2.23. The van der Waals surface area contributed by atoms with Gasteiger partial charge >= 0.3 is 6.03 Å². The number of ether oxygens (including phenoxy) is 2. The molecular formula is C22H18N2O6. The number of aromatic hydroxyl groups is 1. The van der Waals surface area contributed by atoms with Crippen LogP contribution in [0, 0.1) is 12.3 Å². The molecule has 0 aliphatic carbocycles. The third-order valence-electron chi connectivity index (χ3n) is 4.10. The summed E-state index contributed by atoms with van der Waals surface area (Å²) in [5.41, 5.74) is 0.467. The quantitative estimate of drug-likeness (QED) is 0.434. The summed E-state index contributed by atoms with van der Waals surface area (Å²) in [4.78, 5) is 38.2. The molecule has 1 aliphatic rings. The number of imide groups is 2. The molecule has 0 atom stereocenters. The lowest BCUT2D eigenvalue weighted by atomic mass is 10.1. The second kappa shape index (κ2) is 8.84. The van der Waals surface area contributed by atoms with Gasteiger partial charge in [0.2, 0.25) is 0 Å². The van der Waals surface area contributed by atoms with E-state index in [9.17, 15) is 19.5 Å². The number of nitrogens with one attached hydrogen (secondary N) is 1. The highest BCUT2D eigenvalue weighted by atomic mass is 16.5. The van der Waals surface area contributed by atoms with Crippen LogP contribution in [0.4, 0.5) is 10.5 Å². The van der Waals surface area contributed by atoms with Crippen molar-refractivity contribution in [3.05, 3.63) is 53.6 Å². The lowest BCUT2D eigenvalue weighted by molar-refractivity contribution is -0.122. The number of hydrogen-bond donors (Lipinski definition) is 2. The summed E-state index contributed by atoms with van der Waals surface area (Å²) < 4.78 is 11.0. The van der Waals surface area contributed by atoms with Crippen LogP contribution in [0.2, 0.25) is 0 Å². The van der Waals surface area contributed by atoms with Crippen LogP contribution < -0.4 is 19.7 Å². The van der Waals surface area contributed by atoms with Crippen LogP contribution >= 0.6 is 0 Å². The average Bonchev–Trinajstić information content (AvgIpc) is 2.72. The topological polar surface area (TPSA) is 105 Å². The van der Waals surface area contributed by atoms with Crippen LogP contribution in [-0.4, -0.2) is 36.2 Å². The molecule has 0 bridgehead atoms. The highest BCUT2D eigenvalue weighted by Gasteiger charge is 2.36. The molecule has 0 unspecified atom stereocenters. The van der Waals surface area contributed by atoms with E-state index in [-0.39, 0.29) is 23.6 Å². The first kappa shape index (κ1) is 20.5. The minimum Gasteiger partial charge on any atom is -0.508 e. The van der Waals surface area contributed by atoms with E-state index in [1.165, 1.54) is 30.3 Å². The van der Waals surface area contributed by atoms with E-state index in [1.807, 2.05) is 0 Å². The molecule has 2 aromatic rings. The number of amides is 4. The number of anilines is 1. The standard InChI is InChI=1S/C22H18N2O6/c1-3-11-30-18-10-5-14(13-19(18)29-4-2)12-17-20(26)23-22(28)24(21(17)27)15-6-8-16(25)9-7-15/h1,5-10,12-13,25H,4,11H2,2H3,(H,23,26,28). The number of rotatable bonds is 6. The van der Waals surface area contributed by atoms with Gasteiger partial charge in [-0.15, -0.1) is 6.42 Å². The van der Waals surface area contributed by atoms with Gasteiger partial charge in [0.15, 0.2) is 11.5 Å². The normalized spacial score (nSPS) is 15.0. The molecule has 1 fully saturated rings. The van der Waals surface area contributed by atoms with Crippen LogP contribution in [-0.2, 0) is 9.59 Å². The fraction of sp³-hybridized carbons (Fsp3) is 0.136. The van der Waals surface area contributed by atoms with Gasteiger partial charge in [0.1, 0.15) is 17.9 Å². The molecule has 0 aromatic heterocycles. The van der Waals surface area contributed by atoms with Crippen molar-refractivity contribution in [3.63, 3.8) is 0 Å². The summed E-state index contributed by atoms with van der Waals surface area (Å²) in [7, 11) is 0. The van der Waals surface area contributed by atoms with E-state index in [0.29, 0.717) is 23.7 Å². The highest BCUT2D eigenvalue weighted by Crippen LogP contribution is 2.30. The maximum Gasteiger partial charge on any atom is 0.335 e. The Morgan fingerprint density at radius 2 is 1.83 bits per heavy atom. The minimum absolute atomic E-state index is 0.0222. The fourth-order valence-electron chi connectivity index (χ4n) is 2.78. The molecule has 152 valence electrons. The largest absolute Gasteiger partial charge is 0.508 e. The number of benzene rings is 2. The molecule has 2 aromatic carbocycles. The second-order valence-electron chi connectivity index (χ2n) is 6.11. The molecule has 4 amide bonds. The van der Waals surface area contributed by atoms with Crippen molar-refractivity contribution >= 4 is 29.6 Å². The SMILES string of the molecule is C#CCOc1ccc(C=C2C(=O)NC(=O)N(c3ccc(O)cc3)C2=O)cc1OCC. The number of phenols is 1. The monoisotopic (exact) mass is 406 g/mol. The van der Waals surface area contributed by atoms with Gasteiger partial charge in [0.05, 0.1) is 12.3 Å². The number of nitrogens with zero attached hydrogens (tertiary/aromatic N) is 1. The first-order chi connectivity index (χ1) is 14.4. The van der Waals surface area contributed by atoms with E-state index in [0.717, 1.165) is 4.90 Å². The zero-order valence-corrected chi connectivity index (χ0v) is 16.0. The molecule has 1 heterocycles. The van der Waals surface area contributed by atoms with Crippen molar-refractivity contribution in [1.29, 1.82) is 0 Å². The Kier molecular flexibility index (Phi) is 6.03. The molecule has 30 heavy (non-hydrogen) atoms. The van der Waals surface area contributed by atoms with Gasteiger partial charge < -0.3 is 14.6 Å². The van der Waals surface area contributed by atoms with Gasteiger partial charge in [-0.25, -0.2) is 9.69 Å². The Morgan fingerprint density at radius 3 is 2.50 bits per heavy atom. The minimum atomic E-state index is -0.874. The molecule has 0 spiro atoms. The van der Waals surface area contributed by atoms with E-state index in [1.54, 1.807) is 25.1 Å². The van der Waals surface area contributed by atoms with Gasteiger partial charge in [-0.05, 0) is 55.0 Å². The Morgan fingerprint density at radius 1 is 1.10 bits per heavy atom. The summed E-state index contributed by atoms with van der Waals surface area (Å²) in [5.74, 6) is 1.57. The number of hydrogen-bond acceptors (Lipinski definition) is 6. The lowest BCUT2D eigenvalue weighted by Crippen LogP contribution is -2.54. The third kappa shape index (κ3) is 4.25. The summed E-state index contributed by atoms with van der Waals surface area (Å²) >= 11 is 0. The van der Waals surface area contributed by atoms with Crippen LogP contribution in [0.25, 0.3) is 6.08 Å². The second-order valence-corrected chi connectivity index (χ2v) is 6.11. The number of phenolic OH excluding ortho intramolecular Hbond substituents is 1.